The van der Waals surface area contributed by atoms with Crippen molar-refractivity contribution in [3.63, 3.8) is 0 Å². The summed E-state index contributed by atoms with van der Waals surface area (Å²) >= 11 is 0. The molecule has 0 saturated carbocycles. The molecule has 0 fully saturated rings. The number of allylic oxidation sites excluding steroid dienone is 2. The molecule has 0 amide bonds. The Bertz CT molecular complexity index is 254. The molecule has 1 unspecified atom stereocenters. The van der Waals surface area contributed by atoms with Gasteiger partial charge in [-0.3, -0.25) is 0 Å². The summed E-state index contributed by atoms with van der Waals surface area (Å²) in [6, 6.07) is 0. The van der Waals surface area contributed by atoms with Crippen LogP contribution in [0, 0.1) is 0 Å². The molecule has 1 aliphatic carbocycles. The Morgan fingerprint density at radius 1 is 1.46 bits per heavy atom. The number of nitrogens with zero attached hydrogens (tertiary/aromatic N) is 1. The average molecular weight is 171 g/mol. The van der Waals surface area contributed by atoms with Crippen molar-refractivity contribution in [3.05, 3.63) is 35.6 Å². The van der Waals surface area contributed by atoms with Crippen LogP contribution in [0.4, 0.5) is 0 Å². The minimum atomic E-state index is -0.698. The standard InChI is InChI=1S/C10H14NO.Li/c1-8-4-5-10(12)9(6-8)7-11(2)3;/h4-7,10H,1-3H3;/q-1;+1. The maximum Gasteiger partial charge on any atom is 1.00 e. The molecule has 0 aliphatic heterocycles. The Morgan fingerprint density at radius 2 is 2.08 bits per heavy atom. The van der Waals surface area contributed by atoms with Crippen molar-refractivity contribution < 1.29 is 24.0 Å². The van der Waals surface area contributed by atoms with Gasteiger partial charge in [-0.25, -0.2) is 0 Å². The first-order valence-corrected chi connectivity index (χ1v) is 4.00. The summed E-state index contributed by atoms with van der Waals surface area (Å²) in [5, 5.41) is 11.3. The van der Waals surface area contributed by atoms with E-state index in [0.29, 0.717) is 0 Å². The van der Waals surface area contributed by atoms with Crippen molar-refractivity contribution in [2.45, 2.75) is 13.0 Å². The zero-order valence-corrected chi connectivity index (χ0v) is 8.74. The van der Waals surface area contributed by atoms with E-state index >= 15 is 0 Å². The normalized spacial score (nSPS) is 23.8. The summed E-state index contributed by atoms with van der Waals surface area (Å²) < 4.78 is 0. The van der Waals surface area contributed by atoms with Crippen molar-refractivity contribution in [2.75, 3.05) is 14.1 Å². The van der Waals surface area contributed by atoms with Crippen LogP contribution < -0.4 is 24.0 Å². The van der Waals surface area contributed by atoms with Crippen molar-refractivity contribution in [1.29, 1.82) is 0 Å². The van der Waals surface area contributed by atoms with Gasteiger partial charge in [-0.05, 0) is 12.5 Å². The Balaban J connectivity index is 0.00000144. The summed E-state index contributed by atoms with van der Waals surface area (Å²) in [4.78, 5) is 1.89. The Kier molecular flexibility index (Phi) is 5.16. The third-order valence-electron chi connectivity index (χ3n) is 1.66. The van der Waals surface area contributed by atoms with Crippen LogP contribution in [0.5, 0.6) is 0 Å². The fourth-order valence-corrected chi connectivity index (χ4v) is 1.15. The van der Waals surface area contributed by atoms with E-state index in [0.717, 1.165) is 11.1 Å². The number of hydrogen-bond donors (Lipinski definition) is 0. The van der Waals surface area contributed by atoms with E-state index in [-0.39, 0.29) is 18.9 Å². The van der Waals surface area contributed by atoms with Gasteiger partial charge in [0, 0.05) is 20.3 Å². The van der Waals surface area contributed by atoms with Crippen molar-refractivity contribution in [1.82, 2.24) is 4.90 Å². The Hall–Kier alpha value is -0.423. The zero-order valence-electron chi connectivity index (χ0n) is 8.74. The largest absolute Gasteiger partial charge is 1.00 e. The second-order valence-electron chi connectivity index (χ2n) is 3.26. The molecular weight excluding hydrogens is 157 g/mol. The van der Waals surface area contributed by atoms with Gasteiger partial charge in [0.15, 0.2) is 0 Å². The number of hydrogen-bond acceptors (Lipinski definition) is 2. The second-order valence-corrected chi connectivity index (χ2v) is 3.26. The van der Waals surface area contributed by atoms with Gasteiger partial charge in [-0.15, -0.1) is 0 Å². The fourth-order valence-electron chi connectivity index (χ4n) is 1.15. The predicted octanol–water partition coefficient (Wildman–Crippen LogP) is -2.32. The van der Waals surface area contributed by atoms with E-state index in [1.807, 2.05) is 44.3 Å². The molecule has 0 saturated heterocycles. The van der Waals surface area contributed by atoms with Crippen LogP contribution in [0.15, 0.2) is 35.6 Å². The average Bonchev–Trinajstić information content (AvgIpc) is 1.96. The fraction of sp³-hybridized carbons (Fsp3) is 0.400. The number of rotatable bonds is 1. The summed E-state index contributed by atoms with van der Waals surface area (Å²) in [6.45, 7) is 1.99. The van der Waals surface area contributed by atoms with Gasteiger partial charge in [-0.1, -0.05) is 29.9 Å². The van der Waals surface area contributed by atoms with E-state index in [4.69, 9.17) is 0 Å². The molecule has 0 spiro atoms. The maximum absolute atomic E-state index is 11.3. The van der Waals surface area contributed by atoms with Gasteiger partial charge in [0.25, 0.3) is 0 Å². The molecule has 13 heavy (non-hydrogen) atoms. The van der Waals surface area contributed by atoms with Crippen LogP contribution in [0.25, 0.3) is 0 Å². The summed E-state index contributed by atoms with van der Waals surface area (Å²) in [7, 11) is 3.84. The SMILES string of the molecule is CC1=CC(=CN(C)C)C([O-])C=C1.[Li+]. The van der Waals surface area contributed by atoms with Crippen LogP contribution in [0.3, 0.4) is 0 Å². The monoisotopic (exact) mass is 171 g/mol. The summed E-state index contributed by atoms with van der Waals surface area (Å²) in [5.41, 5.74) is 1.97. The van der Waals surface area contributed by atoms with Crippen molar-refractivity contribution in [3.8, 4) is 0 Å². The van der Waals surface area contributed by atoms with E-state index in [1.54, 1.807) is 6.08 Å². The summed E-state index contributed by atoms with van der Waals surface area (Å²) in [6.07, 6.45) is 6.65. The third-order valence-corrected chi connectivity index (χ3v) is 1.66. The molecule has 2 nitrogen and oxygen atoms in total. The van der Waals surface area contributed by atoms with Gasteiger partial charge < -0.3 is 10.0 Å². The second kappa shape index (κ2) is 5.34. The Morgan fingerprint density at radius 3 is 2.62 bits per heavy atom. The molecule has 0 aromatic rings. The molecular formula is C10H14LiNO. The van der Waals surface area contributed by atoms with Gasteiger partial charge in [0.05, 0.1) is 0 Å². The first-order valence-electron chi connectivity index (χ1n) is 4.00. The van der Waals surface area contributed by atoms with Gasteiger partial charge in [-0.2, -0.15) is 0 Å². The van der Waals surface area contributed by atoms with E-state index in [2.05, 4.69) is 0 Å². The van der Waals surface area contributed by atoms with Crippen molar-refractivity contribution >= 4 is 0 Å². The molecule has 0 aromatic carbocycles. The molecule has 1 atom stereocenters. The van der Waals surface area contributed by atoms with Gasteiger partial charge in [0.2, 0.25) is 0 Å². The van der Waals surface area contributed by atoms with Gasteiger partial charge >= 0.3 is 18.9 Å². The smallest absolute Gasteiger partial charge is 0.845 e. The zero-order chi connectivity index (χ0) is 9.14. The molecule has 0 N–H and O–H groups in total. The van der Waals surface area contributed by atoms with Crippen LogP contribution in [0.1, 0.15) is 6.92 Å². The maximum atomic E-state index is 11.3. The molecule has 1 rings (SSSR count). The first-order chi connectivity index (χ1) is 5.59. The molecule has 0 heterocycles. The minimum Gasteiger partial charge on any atom is -0.845 e. The molecule has 0 bridgehead atoms. The van der Waals surface area contributed by atoms with Crippen LogP contribution in [0.2, 0.25) is 0 Å². The molecule has 66 valence electrons. The Labute approximate surface area is 91.8 Å². The third kappa shape index (κ3) is 3.86. The topological polar surface area (TPSA) is 26.3 Å². The van der Waals surface area contributed by atoms with E-state index in [9.17, 15) is 5.11 Å². The van der Waals surface area contributed by atoms with Crippen LogP contribution in [-0.4, -0.2) is 25.1 Å². The van der Waals surface area contributed by atoms with Crippen molar-refractivity contribution in [2.24, 2.45) is 0 Å². The quantitative estimate of drug-likeness (QED) is 0.414. The van der Waals surface area contributed by atoms with E-state index in [1.165, 1.54) is 0 Å². The molecule has 0 radical (unpaired) electrons. The summed E-state index contributed by atoms with van der Waals surface area (Å²) in [5.74, 6) is 0. The van der Waals surface area contributed by atoms with E-state index < -0.39 is 6.10 Å². The molecule has 0 aromatic heterocycles. The first kappa shape index (κ1) is 12.6. The molecule has 3 heteroatoms. The molecule has 1 aliphatic rings. The minimum absolute atomic E-state index is 0. The van der Waals surface area contributed by atoms with Crippen LogP contribution >= 0.6 is 0 Å². The van der Waals surface area contributed by atoms with Gasteiger partial charge in [0.1, 0.15) is 0 Å². The van der Waals surface area contributed by atoms with Crippen LogP contribution in [-0.2, 0) is 0 Å². The predicted molar refractivity (Wildman–Crippen MR) is 48.5 cm³/mol.